The summed E-state index contributed by atoms with van der Waals surface area (Å²) in [6, 6.07) is 3.22. The number of hydrogen-bond donors (Lipinski definition) is 1. The highest BCUT2D eigenvalue weighted by Gasteiger charge is 2.12. The summed E-state index contributed by atoms with van der Waals surface area (Å²) in [5.74, 6) is -0.113. The van der Waals surface area contributed by atoms with E-state index in [0.29, 0.717) is 15.8 Å². The normalized spacial score (nSPS) is 10.7. The molecule has 2 rings (SSSR count). The first-order chi connectivity index (χ1) is 8.56. The molecule has 0 bridgehead atoms. The second-order valence-electron chi connectivity index (χ2n) is 3.88. The highest BCUT2D eigenvalue weighted by Crippen LogP contribution is 2.18. The van der Waals surface area contributed by atoms with Crippen LogP contribution in [0, 0.1) is 0 Å². The smallest absolute Gasteiger partial charge is 0.257 e. The Kier molecular flexibility index (Phi) is 3.83. The molecule has 0 saturated heterocycles. The minimum atomic E-state index is -0.306. The topological polar surface area (TPSA) is 80.7 Å². The van der Waals surface area contributed by atoms with Crippen molar-refractivity contribution in [1.29, 1.82) is 0 Å². The number of anilines is 1. The van der Waals surface area contributed by atoms with Gasteiger partial charge >= 0.3 is 0 Å². The molecule has 94 valence electrons. The van der Waals surface area contributed by atoms with Gasteiger partial charge in [0.15, 0.2) is 0 Å². The number of carbonyl (C=O) groups is 1. The largest absolute Gasteiger partial charge is 0.295 e. The zero-order valence-corrected chi connectivity index (χ0v) is 11.3. The molecule has 2 heterocycles. The zero-order chi connectivity index (χ0) is 13.1. The van der Waals surface area contributed by atoms with Gasteiger partial charge in [-0.05, 0) is 23.3 Å². The van der Waals surface area contributed by atoms with Crippen LogP contribution >= 0.6 is 23.1 Å². The fourth-order valence-electron chi connectivity index (χ4n) is 1.30. The third-order valence-corrected chi connectivity index (χ3v) is 2.89. The molecule has 1 N–H and O–H groups in total. The van der Waals surface area contributed by atoms with Gasteiger partial charge in [-0.3, -0.25) is 10.1 Å². The molecule has 1 amide bonds. The summed E-state index contributed by atoms with van der Waals surface area (Å²) in [5.41, 5.74) is 1.21. The van der Waals surface area contributed by atoms with Crippen LogP contribution in [0.3, 0.4) is 0 Å². The number of carbonyl (C=O) groups excluding carboxylic acids is 1. The standard InChI is InChI=1S/C10H10ClN5OS/c1-5(2)7-3-6(4-8(11)12-7)9(17)13-10-14-15-16-18-10/h3-5H,1-2H3,(H,13,14,16,17). The lowest BCUT2D eigenvalue weighted by molar-refractivity contribution is 0.102. The van der Waals surface area contributed by atoms with E-state index in [1.165, 1.54) is 6.07 Å². The van der Waals surface area contributed by atoms with Crippen LogP contribution < -0.4 is 5.32 Å². The lowest BCUT2D eigenvalue weighted by Crippen LogP contribution is -2.13. The van der Waals surface area contributed by atoms with Gasteiger partial charge in [0.25, 0.3) is 5.91 Å². The lowest BCUT2D eigenvalue weighted by atomic mass is 10.1. The number of hydrogen-bond acceptors (Lipinski definition) is 6. The molecule has 2 aromatic rings. The van der Waals surface area contributed by atoms with Gasteiger partial charge in [0, 0.05) is 22.8 Å². The van der Waals surface area contributed by atoms with Crippen molar-refractivity contribution in [2.75, 3.05) is 5.32 Å². The summed E-state index contributed by atoms with van der Waals surface area (Å²) < 4.78 is 3.56. The van der Waals surface area contributed by atoms with E-state index >= 15 is 0 Å². The fraction of sp³-hybridized carbons (Fsp3) is 0.300. The summed E-state index contributed by atoms with van der Waals surface area (Å²) in [7, 11) is 0. The Morgan fingerprint density at radius 1 is 1.44 bits per heavy atom. The highest BCUT2D eigenvalue weighted by atomic mass is 35.5. The number of nitrogens with one attached hydrogen (secondary N) is 1. The van der Waals surface area contributed by atoms with E-state index in [4.69, 9.17) is 11.6 Å². The van der Waals surface area contributed by atoms with Crippen LogP contribution in [-0.2, 0) is 0 Å². The molecule has 0 aliphatic carbocycles. The van der Waals surface area contributed by atoms with Gasteiger partial charge < -0.3 is 0 Å². The molecule has 0 spiro atoms. The molecule has 8 heteroatoms. The maximum absolute atomic E-state index is 12.0. The molecule has 18 heavy (non-hydrogen) atoms. The first kappa shape index (κ1) is 12.8. The number of pyridine rings is 1. The lowest BCUT2D eigenvalue weighted by Gasteiger charge is -2.07. The average Bonchev–Trinajstić information content (AvgIpc) is 2.80. The Labute approximate surface area is 113 Å². The Bertz CT molecular complexity index is 557. The second-order valence-corrected chi connectivity index (χ2v) is 5.00. The summed E-state index contributed by atoms with van der Waals surface area (Å²) in [6.07, 6.45) is 0. The molecule has 0 unspecified atom stereocenters. The first-order valence-corrected chi connectivity index (χ1v) is 6.35. The van der Waals surface area contributed by atoms with Crippen molar-refractivity contribution < 1.29 is 4.79 Å². The molecule has 0 aromatic carbocycles. The fourth-order valence-corrected chi connectivity index (χ4v) is 1.87. The van der Waals surface area contributed by atoms with E-state index < -0.39 is 0 Å². The van der Waals surface area contributed by atoms with Gasteiger partial charge in [-0.25, -0.2) is 4.98 Å². The van der Waals surface area contributed by atoms with Gasteiger partial charge in [-0.15, -0.1) is 0 Å². The van der Waals surface area contributed by atoms with E-state index in [0.717, 1.165) is 17.2 Å². The minimum absolute atomic E-state index is 0.193. The predicted molar refractivity (Wildman–Crippen MR) is 69.0 cm³/mol. The van der Waals surface area contributed by atoms with Crippen molar-refractivity contribution in [3.63, 3.8) is 0 Å². The molecule has 6 nitrogen and oxygen atoms in total. The molecule has 0 fully saturated rings. The Hall–Kier alpha value is -1.60. The molecule has 0 radical (unpaired) electrons. The minimum Gasteiger partial charge on any atom is -0.295 e. The second kappa shape index (κ2) is 5.36. The van der Waals surface area contributed by atoms with E-state index in [1.807, 2.05) is 13.8 Å². The monoisotopic (exact) mass is 283 g/mol. The van der Waals surface area contributed by atoms with Crippen molar-refractivity contribution in [3.05, 3.63) is 28.5 Å². The number of aromatic nitrogens is 4. The quantitative estimate of drug-likeness (QED) is 0.875. The zero-order valence-electron chi connectivity index (χ0n) is 9.72. The average molecular weight is 284 g/mol. The molecule has 0 atom stereocenters. The van der Waals surface area contributed by atoms with Gasteiger partial charge in [-0.2, -0.15) is 0 Å². The van der Waals surface area contributed by atoms with Gasteiger partial charge in [0.1, 0.15) is 5.15 Å². The van der Waals surface area contributed by atoms with Crippen LogP contribution in [0.1, 0.15) is 35.8 Å². The van der Waals surface area contributed by atoms with Crippen molar-refractivity contribution in [3.8, 4) is 0 Å². The highest BCUT2D eigenvalue weighted by molar-refractivity contribution is 7.09. The third kappa shape index (κ3) is 2.99. The molecule has 0 saturated carbocycles. The summed E-state index contributed by atoms with van der Waals surface area (Å²) >= 11 is 6.90. The van der Waals surface area contributed by atoms with Crippen LogP contribution in [0.5, 0.6) is 0 Å². The van der Waals surface area contributed by atoms with Crippen LogP contribution in [0.25, 0.3) is 0 Å². The molecular formula is C10H10ClN5OS. The van der Waals surface area contributed by atoms with Crippen LogP contribution in [0.2, 0.25) is 5.15 Å². The molecular weight excluding hydrogens is 274 g/mol. The van der Waals surface area contributed by atoms with E-state index in [1.54, 1.807) is 6.07 Å². The summed E-state index contributed by atoms with van der Waals surface area (Å²) in [5, 5.41) is 10.3. The van der Waals surface area contributed by atoms with Crippen LogP contribution in [-0.4, -0.2) is 25.7 Å². The maximum atomic E-state index is 12.0. The number of amides is 1. The van der Waals surface area contributed by atoms with Crippen molar-refractivity contribution in [2.24, 2.45) is 0 Å². The maximum Gasteiger partial charge on any atom is 0.257 e. The Morgan fingerprint density at radius 2 is 2.22 bits per heavy atom. The number of rotatable bonds is 3. The van der Waals surface area contributed by atoms with Crippen molar-refractivity contribution in [2.45, 2.75) is 19.8 Å². The molecule has 0 aliphatic heterocycles. The third-order valence-electron chi connectivity index (χ3n) is 2.19. The Morgan fingerprint density at radius 3 is 2.83 bits per heavy atom. The van der Waals surface area contributed by atoms with Gasteiger partial charge in [0.2, 0.25) is 5.13 Å². The number of nitrogens with zero attached hydrogens (tertiary/aromatic N) is 4. The van der Waals surface area contributed by atoms with Gasteiger partial charge in [-0.1, -0.05) is 35.0 Å². The molecule has 2 aromatic heterocycles. The number of halogens is 1. The SMILES string of the molecule is CC(C)c1cc(C(=O)Nc2nnns2)cc(Cl)n1. The van der Waals surface area contributed by atoms with Crippen molar-refractivity contribution in [1.82, 2.24) is 19.8 Å². The first-order valence-electron chi connectivity index (χ1n) is 5.20. The van der Waals surface area contributed by atoms with Crippen LogP contribution in [0.4, 0.5) is 5.13 Å². The van der Waals surface area contributed by atoms with Crippen LogP contribution in [0.15, 0.2) is 12.1 Å². The van der Waals surface area contributed by atoms with E-state index in [-0.39, 0.29) is 11.8 Å². The van der Waals surface area contributed by atoms with Gasteiger partial charge in [0.05, 0.1) is 0 Å². The summed E-state index contributed by atoms with van der Waals surface area (Å²) in [6.45, 7) is 3.96. The molecule has 0 aliphatic rings. The Balaban J connectivity index is 2.24. The van der Waals surface area contributed by atoms with E-state index in [2.05, 4.69) is 25.1 Å². The van der Waals surface area contributed by atoms with Crippen molar-refractivity contribution >= 4 is 34.2 Å². The predicted octanol–water partition coefficient (Wildman–Crippen LogP) is 2.36. The van der Waals surface area contributed by atoms with E-state index in [9.17, 15) is 4.79 Å². The summed E-state index contributed by atoms with van der Waals surface area (Å²) in [4.78, 5) is 16.1.